The van der Waals surface area contributed by atoms with E-state index in [1.165, 1.54) is 48.5 Å². The average molecular weight is 453 g/mol. The fraction of sp³-hybridized carbons (Fsp3) is 0.222. The van der Waals surface area contributed by atoms with E-state index in [9.17, 15) is 16.8 Å². The van der Waals surface area contributed by atoms with E-state index in [0.717, 1.165) is 11.4 Å². The molecule has 0 bridgehead atoms. The number of hydrazone groups is 2. The molecule has 0 radical (unpaired) electrons. The lowest BCUT2D eigenvalue weighted by Gasteiger charge is -2.15. The second kappa shape index (κ2) is 8.92. The van der Waals surface area contributed by atoms with Crippen LogP contribution in [-0.4, -0.2) is 37.4 Å². The minimum absolute atomic E-state index is 0.181. The summed E-state index contributed by atoms with van der Waals surface area (Å²) >= 11 is 0. The van der Waals surface area contributed by atoms with E-state index in [4.69, 9.17) is 9.11 Å². The molecule has 0 heterocycles. The topological polar surface area (TPSA) is 158 Å². The summed E-state index contributed by atoms with van der Waals surface area (Å²) in [5, 5.41) is 8.66. The van der Waals surface area contributed by atoms with Crippen LogP contribution in [0.3, 0.4) is 0 Å². The first kappa shape index (κ1) is 21.9. The van der Waals surface area contributed by atoms with Crippen LogP contribution >= 0.6 is 0 Å². The Bertz CT molecular complexity index is 1060. The first-order chi connectivity index (χ1) is 14.1. The van der Waals surface area contributed by atoms with Crippen LogP contribution in [0.2, 0.25) is 0 Å². The molecule has 0 aliphatic heterocycles. The maximum Gasteiger partial charge on any atom is 0.294 e. The monoisotopic (exact) mass is 452 g/mol. The molecule has 2 aromatic carbocycles. The normalized spacial score (nSPS) is 14.9. The quantitative estimate of drug-likeness (QED) is 0.385. The standard InChI is InChI=1S/C18H20N4O6S2/c23-29(24,25)17-9-5-15(6-10-17)21-19-13-1-2-14(4-3-13)20-22-16-7-11-18(12-8-16)30(26,27)28/h5-12,21-22H,1-4H2,(H,23,24,25)(H,26,27,28). The van der Waals surface area contributed by atoms with Gasteiger partial charge in [0.1, 0.15) is 0 Å². The van der Waals surface area contributed by atoms with E-state index in [1.54, 1.807) is 0 Å². The number of hydrogen-bond acceptors (Lipinski definition) is 8. The predicted octanol–water partition coefficient (Wildman–Crippen LogP) is 2.99. The Morgan fingerprint density at radius 1 is 0.600 bits per heavy atom. The summed E-state index contributed by atoms with van der Waals surface area (Å²) in [5.41, 5.74) is 8.84. The summed E-state index contributed by atoms with van der Waals surface area (Å²) < 4.78 is 62.1. The molecule has 0 saturated heterocycles. The average Bonchev–Trinajstić information content (AvgIpc) is 2.71. The molecule has 10 nitrogen and oxygen atoms in total. The summed E-state index contributed by atoms with van der Waals surface area (Å²) in [6.45, 7) is 0. The molecule has 0 spiro atoms. The molecule has 1 aliphatic rings. The van der Waals surface area contributed by atoms with E-state index in [2.05, 4.69) is 21.1 Å². The fourth-order valence-corrected chi connectivity index (χ4v) is 3.70. The number of hydrogen-bond donors (Lipinski definition) is 4. The SMILES string of the molecule is O=S(=O)(O)c1ccc(NN=C2CCC(=NNc3ccc(S(=O)(=O)O)cc3)CC2)cc1. The van der Waals surface area contributed by atoms with Gasteiger partial charge in [-0.3, -0.25) is 20.0 Å². The first-order valence-corrected chi connectivity index (χ1v) is 11.8. The van der Waals surface area contributed by atoms with Gasteiger partial charge < -0.3 is 0 Å². The lowest BCUT2D eigenvalue weighted by Crippen LogP contribution is -2.16. The van der Waals surface area contributed by atoms with Crippen molar-refractivity contribution >= 4 is 43.0 Å². The van der Waals surface area contributed by atoms with Gasteiger partial charge >= 0.3 is 0 Å². The van der Waals surface area contributed by atoms with Crippen LogP contribution in [0.25, 0.3) is 0 Å². The minimum Gasteiger partial charge on any atom is -0.282 e. The van der Waals surface area contributed by atoms with Crippen molar-refractivity contribution < 1.29 is 25.9 Å². The Morgan fingerprint density at radius 3 is 1.17 bits per heavy atom. The molecule has 2 aromatic rings. The molecule has 160 valence electrons. The van der Waals surface area contributed by atoms with Crippen molar-refractivity contribution in [2.24, 2.45) is 10.2 Å². The minimum atomic E-state index is -4.22. The smallest absolute Gasteiger partial charge is 0.282 e. The third-order valence-electron chi connectivity index (χ3n) is 4.39. The highest BCUT2D eigenvalue weighted by atomic mass is 32.2. The van der Waals surface area contributed by atoms with Gasteiger partial charge in [-0.1, -0.05) is 0 Å². The molecule has 1 saturated carbocycles. The number of nitrogens with zero attached hydrogens (tertiary/aromatic N) is 2. The highest BCUT2D eigenvalue weighted by Crippen LogP contribution is 2.18. The summed E-state index contributed by atoms with van der Waals surface area (Å²) in [6, 6.07) is 11.2. The maximum absolute atomic E-state index is 11.0. The lowest BCUT2D eigenvalue weighted by atomic mass is 9.97. The van der Waals surface area contributed by atoms with Crippen molar-refractivity contribution in [3.8, 4) is 0 Å². The molecule has 0 amide bonds. The van der Waals surface area contributed by atoms with Crippen molar-refractivity contribution in [2.45, 2.75) is 35.5 Å². The van der Waals surface area contributed by atoms with Crippen molar-refractivity contribution in [1.29, 1.82) is 0 Å². The second-order valence-corrected chi connectivity index (χ2v) is 9.42. The highest BCUT2D eigenvalue weighted by molar-refractivity contribution is 7.86. The van der Waals surface area contributed by atoms with Gasteiger partial charge in [0.2, 0.25) is 0 Å². The Labute approximate surface area is 174 Å². The molecule has 3 rings (SSSR count). The molecule has 1 aliphatic carbocycles. The number of benzene rings is 2. The predicted molar refractivity (Wildman–Crippen MR) is 113 cm³/mol. The molecule has 1 fully saturated rings. The molecule has 30 heavy (non-hydrogen) atoms. The summed E-state index contributed by atoms with van der Waals surface area (Å²) in [7, 11) is -8.43. The Kier molecular flexibility index (Phi) is 6.51. The van der Waals surface area contributed by atoms with Crippen molar-refractivity contribution in [2.75, 3.05) is 10.9 Å². The van der Waals surface area contributed by atoms with Gasteiger partial charge in [0.15, 0.2) is 0 Å². The van der Waals surface area contributed by atoms with Gasteiger partial charge in [0.05, 0.1) is 21.2 Å². The van der Waals surface area contributed by atoms with E-state index in [1.807, 2.05) is 0 Å². The van der Waals surface area contributed by atoms with E-state index in [-0.39, 0.29) is 9.79 Å². The zero-order chi connectivity index (χ0) is 21.8. The van der Waals surface area contributed by atoms with Crippen LogP contribution in [-0.2, 0) is 20.2 Å². The third-order valence-corrected chi connectivity index (χ3v) is 6.13. The zero-order valence-electron chi connectivity index (χ0n) is 15.7. The van der Waals surface area contributed by atoms with Crippen LogP contribution in [0.4, 0.5) is 11.4 Å². The maximum atomic E-state index is 11.0. The highest BCUT2D eigenvalue weighted by Gasteiger charge is 2.14. The molecular weight excluding hydrogens is 432 g/mol. The number of nitrogens with one attached hydrogen (secondary N) is 2. The Morgan fingerprint density at radius 2 is 0.900 bits per heavy atom. The van der Waals surface area contributed by atoms with Crippen LogP contribution in [0.5, 0.6) is 0 Å². The molecule has 12 heteroatoms. The van der Waals surface area contributed by atoms with Gasteiger partial charge in [-0.15, -0.1) is 0 Å². The van der Waals surface area contributed by atoms with Crippen molar-refractivity contribution in [3.05, 3.63) is 48.5 Å². The van der Waals surface area contributed by atoms with Crippen LogP contribution < -0.4 is 10.9 Å². The van der Waals surface area contributed by atoms with Crippen LogP contribution in [0, 0.1) is 0 Å². The van der Waals surface area contributed by atoms with E-state index < -0.39 is 20.2 Å². The van der Waals surface area contributed by atoms with Gasteiger partial charge in [-0.05, 0) is 74.2 Å². The molecule has 0 aromatic heterocycles. The molecule has 0 unspecified atom stereocenters. The summed E-state index contributed by atoms with van der Waals surface area (Å²) in [4.78, 5) is -0.362. The number of rotatable bonds is 6. The molecule has 4 N–H and O–H groups in total. The summed E-state index contributed by atoms with van der Waals surface area (Å²) in [5.74, 6) is 0. The lowest BCUT2D eigenvalue weighted by molar-refractivity contribution is 0.481. The van der Waals surface area contributed by atoms with E-state index in [0.29, 0.717) is 37.1 Å². The van der Waals surface area contributed by atoms with Gasteiger partial charge in [-0.25, -0.2) is 0 Å². The van der Waals surface area contributed by atoms with Gasteiger partial charge in [0.25, 0.3) is 20.2 Å². The molecular formula is C18H20N4O6S2. The van der Waals surface area contributed by atoms with Crippen molar-refractivity contribution in [3.63, 3.8) is 0 Å². The molecule has 0 atom stereocenters. The fourth-order valence-electron chi connectivity index (χ4n) is 2.74. The Balaban J connectivity index is 1.51. The number of anilines is 2. The van der Waals surface area contributed by atoms with Crippen LogP contribution in [0.15, 0.2) is 68.5 Å². The summed E-state index contributed by atoms with van der Waals surface area (Å²) in [6.07, 6.45) is 2.83. The zero-order valence-corrected chi connectivity index (χ0v) is 17.3. The largest absolute Gasteiger partial charge is 0.294 e. The first-order valence-electron chi connectivity index (χ1n) is 8.89. The van der Waals surface area contributed by atoms with Crippen molar-refractivity contribution in [1.82, 2.24) is 0 Å². The second-order valence-electron chi connectivity index (χ2n) is 6.58. The van der Waals surface area contributed by atoms with Gasteiger partial charge in [-0.2, -0.15) is 27.0 Å². The van der Waals surface area contributed by atoms with Gasteiger partial charge in [0, 0.05) is 11.4 Å². The Hall–Kier alpha value is -2.80. The van der Waals surface area contributed by atoms with Crippen LogP contribution in [0.1, 0.15) is 25.7 Å². The van der Waals surface area contributed by atoms with E-state index >= 15 is 0 Å². The third kappa shape index (κ3) is 6.10.